The lowest BCUT2D eigenvalue weighted by atomic mass is 10.1. The molecule has 16 heavy (non-hydrogen) atoms. The average molecular weight is 310 g/mol. The molecule has 0 heterocycles. The van der Waals surface area contributed by atoms with Gasteiger partial charge in [-0.05, 0) is 40.9 Å². The van der Waals surface area contributed by atoms with Crippen molar-refractivity contribution < 1.29 is 13.9 Å². The molecule has 1 rings (SSSR count). The summed E-state index contributed by atoms with van der Waals surface area (Å²) in [7, 11) is 0. The number of benzene rings is 1. The second-order valence-electron chi connectivity index (χ2n) is 3.14. The third-order valence-electron chi connectivity index (χ3n) is 2.02. The lowest BCUT2D eigenvalue weighted by Crippen LogP contribution is -2.06. The molecular formula is C11H11BrClFO2. The number of rotatable bonds is 4. The zero-order valence-electron chi connectivity index (χ0n) is 8.73. The van der Waals surface area contributed by atoms with Gasteiger partial charge in [0.25, 0.3) is 0 Å². The molecule has 88 valence electrons. The number of ether oxygens (including phenoxy) is 1. The molecule has 0 atom stereocenters. The third kappa shape index (κ3) is 3.46. The summed E-state index contributed by atoms with van der Waals surface area (Å²) >= 11 is 8.84. The van der Waals surface area contributed by atoms with Crippen LogP contribution in [0.3, 0.4) is 0 Å². The van der Waals surface area contributed by atoms with Crippen molar-refractivity contribution in [3.8, 4) is 0 Å². The van der Waals surface area contributed by atoms with E-state index in [9.17, 15) is 9.18 Å². The molecule has 0 saturated heterocycles. The van der Waals surface area contributed by atoms with Crippen LogP contribution in [0.2, 0.25) is 5.02 Å². The Balaban J connectivity index is 2.68. The zero-order valence-corrected chi connectivity index (χ0v) is 11.1. The molecule has 0 saturated carbocycles. The van der Waals surface area contributed by atoms with Gasteiger partial charge in [0, 0.05) is 10.9 Å². The largest absolute Gasteiger partial charge is 0.466 e. The van der Waals surface area contributed by atoms with Gasteiger partial charge in [-0.15, -0.1) is 0 Å². The SMILES string of the molecule is CCOC(=O)CCc1ccc(Br)c(Cl)c1F. The minimum atomic E-state index is -0.486. The maximum absolute atomic E-state index is 13.6. The number of aryl methyl sites for hydroxylation is 1. The summed E-state index contributed by atoms with van der Waals surface area (Å²) in [5.41, 5.74) is 0.418. The molecule has 5 heteroatoms. The smallest absolute Gasteiger partial charge is 0.306 e. The van der Waals surface area contributed by atoms with Gasteiger partial charge in [-0.3, -0.25) is 4.79 Å². The van der Waals surface area contributed by atoms with Gasteiger partial charge in [-0.1, -0.05) is 17.7 Å². The van der Waals surface area contributed by atoms with E-state index >= 15 is 0 Å². The zero-order chi connectivity index (χ0) is 12.1. The van der Waals surface area contributed by atoms with E-state index in [2.05, 4.69) is 15.9 Å². The van der Waals surface area contributed by atoms with E-state index in [4.69, 9.17) is 16.3 Å². The van der Waals surface area contributed by atoms with E-state index < -0.39 is 5.82 Å². The first-order chi connectivity index (χ1) is 7.56. The quantitative estimate of drug-likeness (QED) is 0.625. The van der Waals surface area contributed by atoms with Gasteiger partial charge in [0.15, 0.2) is 0 Å². The molecule has 0 aromatic heterocycles. The highest BCUT2D eigenvalue weighted by Crippen LogP contribution is 2.28. The monoisotopic (exact) mass is 308 g/mol. The minimum Gasteiger partial charge on any atom is -0.466 e. The van der Waals surface area contributed by atoms with Gasteiger partial charge in [-0.25, -0.2) is 4.39 Å². The van der Waals surface area contributed by atoms with Crippen molar-refractivity contribution in [2.24, 2.45) is 0 Å². The Morgan fingerprint density at radius 3 is 2.88 bits per heavy atom. The average Bonchev–Trinajstić information content (AvgIpc) is 2.25. The molecule has 0 fully saturated rings. The van der Waals surface area contributed by atoms with Crippen molar-refractivity contribution in [2.75, 3.05) is 6.61 Å². The van der Waals surface area contributed by atoms with Crippen molar-refractivity contribution >= 4 is 33.5 Å². The van der Waals surface area contributed by atoms with Crippen LogP contribution in [0, 0.1) is 5.82 Å². The number of esters is 1. The predicted octanol–water partition coefficient (Wildman–Crippen LogP) is 3.74. The van der Waals surface area contributed by atoms with E-state index in [1.54, 1.807) is 19.1 Å². The second-order valence-corrected chi connectivity index (χ2v) is 4.37. The number of carbonyl (C=O) groups excluding carboxylic acids is 1. The van der Waals surface area contributed by atoms with Crippen molar-refractivity contribution in [2.45, 2.75) is 19.8 Å². The molecule has 0 N–H and O–H groups in total. The Morgan fingerprint density at radius 1 is 1.56 bits per heavy atom. The number of carbonyl (C=O) groups is 1. The molecule has 1 aromatic rings. The van der Waals surface area contributed by atoms with Crippen LogP contribution < -0.4 is 0 Å². The van der Waals surface area contributed by atoms with Gasteiger partial charge in [0.1, 0.15) is 5.82 Å². The molecular weight excluding hydrogens is 298 g/mol. The molecule has 0 bridgehead atoms. The lowest BCUT2D eigenvalue weighted by Gasteiger charge is -2.06. The van der Waals surface area contributed by atoms with Crippen LogP contribution in [0.15, 0.2) is 16.6 Å². The molecule has 0 unspecified atom stereocenters. The van der Waals surface area contributed by atoms with Crippen molar-refractivity contribution in [1.29, 1.82) is 0 Å². The summed E-state index contributed by atoms with van der Waals surface area (Å²) in [5.74, 6) is -0.818. The Kier molecular flexibility index (Phi) is 5.22. The van der Waals surface area contributed by atoms with Crippen LogP contribution in [-0.2, 0) is 16.0 Å². The summed E-state index contributed by atoms with van der Waals surface area (Å²) in [6.45, 7) is 2.07. The first-order valence-corrected chi connectivity index (χ1v) is 6.01. The normalized spacial score (nSPS) is 10.2. The number of halogens is 3. The fourth-order valence-electron chi connectivity index (χ4n) is 1.23. The van der Waals surface area contributed by atoms with Crippen LogP contribution in [0.5, 0.6) is 0 Å². The minimum absolute atomic E-state index is 0.0429. The highest BCUT2D eigenvalue weighted by molar-refractivity contribution is 9.10. The van der Waals surface area contributed by atoms with E-state index in [0.29, 0.717) is 16.6 Å². The molecule has 0 amide bonds. The summed E-state index contributed by atoms with van der Waals surface area (Å²) in [6.07, 6.45) is 0.445. The molecule has 0 aliphatic heterocycles. The van der Waals surface area contributed by atoms with Gasteiger partial charge in [0.2, 0.25) is 0 Å². The van der Waals surface area contributed by atoms with Gasteiger partial charge >= 0.3 is 5.97 Å². The summed E-state index contributed by atoms with van der Waals surface area (Å²) < 4.78 is 18.8. The van der Waals surface area contributed by atoms with E-state index in [1.165, 1.54) is 0 Å². The first-order valence-electron chi connectivity index (χ1n) is 4.84. The van der Waals surface area contributed by atoms with Crippen molar-refractivity contribution in [3.05, 3.63) is 33.0 Å². The lowest BCUT2D eigenvalue weighted by molar-refractivity contribution is -0.143. The van der Waals surface area contributed by atoms with Crippen LogP contribution in [-0.4, -0.2) is 12.6 Å². The van der Waals surface area contributed by atoms with Gasteiger partial charge in [-0.2, -0.15) is 0 Å². The molecule has 2 nitrogen and oxygen atoms in total. The van der Waals surface area contributed by atoms with Gasteiger partial charge in [0.05, 0.1) is 11.6 Å². The van der Waals surface area contributed by atoms with E-state index in [-0.39, 0.29) is 23.8 Å². The summed E-state index contributed by atoms with van der Waals surface area (Å²) in [6, 6.07) is 3.26. The van der Waals surface area contributed by atoms with Crippen LogP contribution in [0.25, 0.3) is 0 Å². The topological polar surface area (TPSA) is 26.3 Å². The molecule has 0 spiro atoms. The Morgan fingerprint density at radius 2 is 2.25 bits per heavy atom. The molecule has 1 aromatic carbocycles. The molecule has 0 radical (unpaired) electrons. The summed E-state index contributed by atoms with van der Waals surface area (Å²) in [5, 5.41) is 0.0429. The van der Waals surface area contributed by atoms with Crippen molar-refractivity contribution in [1.82, 2.24) is 0 Å². The fraction of sp³-hybridized carbons (Fsp3) is 0.364. The second kappa shape index (κ2) is 6.21. The van der Waals surface area contributed by atoms with E-state index in [1.807, 2.05) is 0 Å². The first kappa shape index (κ1) is 13.5. The number of hydrogen-bond acceptors (Lipinski definition) is 2. The predicted molar refractivity (Wildman–Crippen MR) is 64.1 cm³/mol. The highest BCUT2D eigenvalue weighted by atomic mass is 79.9. The van der Waals surface area contributed by atoms with Gasteiger partial charge < -0.3 is 4.74 Å². The molecule has 0 aliphatic rings. The maximum atomic E-state index is 13.6. The van der Waals surface area contributed by atoms with Crippen molar-refractivity contribution in [3.63, 3.8) is 0 Å². The van der Waals surface area contributed by atoms with E-state index in [0.717, 1.165) is 0 Å². The Hall–Kier alpha value is -0.610. The molecule has 0 aliphatic carbocycles. The van der Waals surface area contributed by atoms with Crippen LogP contribution >= 0.6 is 27.5 Å². The maximum Gasteiger partial charge on any atom is 0.306 e. The summed E-state index contributed by atoms with van der Waals surface area (Å²) in [4.78, 5) is 11.1. The Labute approximate surface area is 107 Å². The highest BCUT2D eigenvalue weighted by Gasteiger charge is 2.11. The Bertz CT molecular complexity index is 396. The fourth-order valence-corrected chi connectivity index (χ4v) is 1.72. The number of hydrogen-bond donors (Lipinski definition) is 0. The third-order valence-corrected chi connectivity index (χ3v) is 3.28. The van der Waals surface area contributed by atoms with Crippen LogP contribution in [0.1, 0.15) is 18.9 Å². The standard InChI is InChI=1S/C11H11BrClFO2/c1-2-16-9(15)6-4-7-3-5-8(12)10(13)11(7)14/h3,5H,2,4,6H2,1H3. The van der Waals surface area contributed by atoms with Crippen LogP contribution in [0.4, 0.5) is 4.39 Å².